The van der Waals surface area contributed by atoms with E-state index in [2.05, 4.69) is 4.99 Å². The van der Waals surface area contributed by atoms with E-state index in [4.69, 9.17) is 4.74 Å². The molecule has 6 nitrogen and oxygen atoms in total. The second-order valence-electron chi connectivity index (χ2n) is 7.66. The molecule has 0 saturated carbocycles. The fourth-order valence-electron chi connectivity index (χ4n) is 3.69. The van der Waals surface area contributed by atoms with Crippen molar-refractivity contribution < 1.29 is 19.1 Å². The van der Waals surface area contributed by atoms with Gasteiger partial charge in [-0.05, 0) is 43.2 Å². The first kappa shape index (κ1) is 22.4. The Bertz CT molecular complexity index is 1430. The van der Waals surface area contributed by atoms with Gasteiger partial charge in [0.05, 0.1) is 17.3 Å². The number of methoxy groups -OCH3 is 1. The Balaban J connectivity index is 1.71. The van der Waals surface area contributed by atoms with Gasteiger partial charge < -0.3 is 9.30 Å². The minimum Gasteiger partial charge on any atom is -0.468 e. The number of ether oxygens (including phenoxy) is 1. The second-order valence-corrected chi connectivity index (χ2v) is 8.67. The molecular formula is C26H22N2O4S. The van der Waals surface area contributed by atoms with Crippen LogP contribution < -0.4 is 4.80 Å². The zero-order chi connectivity index (χ0) is 23.5. The third-order valence-electron chi connectivity index (χ3n) is 5.25. The Morgan fingerprint density at radius 1 is 0.909 bits per heavy atom. The second kappa shape index (κ2) is 9.34. The normalized spacial score (nSPS) is 11.5. The van der Waals surface area contributed by atoms with E-state index >= 15 is 0 Å². The van der Waals surface area contributed by atoms with Crippen molar-refractivity contribution in [1.29, 1.82) is 0 Å². The number of carbonyl (C=O) groups excluding carboxylic acids is 3. The highest BCUT2D eigenvalue weighted by Gasteiger charge is 2.15. The van der Waals surface area contributed by atoms with Crippen molar-refractivity contribution in [2.45, 2.75) is 20.4 Å². The minimum atomic E-state index is -0.451. The van der Waals surface area contributed by atoms with Gasteiger partial charge in [-0.3, -0.25) is 14.4 Å². The van der Waals surface area contributed by atoms with Gasteiger partial charge in [0.15, 0.2) is 10.6 Å². The lowest BCUT2D eigenvalue weighted by Crippen LogP contribution is -2.22. The van der Waals surface area contributed by atoms with Crippen LogP contribution >= 0.6 is 11.3 Å². The van der Waals surface area contributed by atoms with Crippen molar-refractivity contribution in [1.82, 2.24) is 4.57 Å². The predicted molar refractivity (Wildman–Crippen MR) is 128 cm³/mol. The standard InChI is InChI=1S/C26H22N2O4S/c1-16-13-17(2)23-21(14-16)33-26(28(23)15-22(29)32-3)27-25(31)20-11-9-19(10-12-20)24(30)18-7-5-4-6-8-18/h4-14H,15H2,1-3H3. The monoisotopic (exact) mass is 458 g/mol. The van der Waals surface area contributed by atoms with Gasteiger partial charge in [0, 0.05) is 16.7 Å². The van der Waals surface area contributed by atoms with Gasteiger partial charge in [-0.2, -0.15) is 4.99 Å². The van der Waals surface area contributed by atoms with E-state index < -0.39 is 11.9 Å². The van der Waals surface area contributed by atoms with Gasteiger partial charge in [0.25, 0.3) is 5.91 Å². The molecule has 0 bridgehead atoms. The number of carbonyl (C=O) groups is 3. The molecule has 4 aromatic rings. The van der Waals surface area contributed by atoms with Crippen molar-refractivity contribution in [3.05, 3.63) is 99.3 Å². The van der Waals surface area contributed by atoms with E-state index in [1.807, 2.05) is 44.2 Å². The van der Waals surface area contributed by atoms with Crippen molar-refractivity contribution in [3.63, 3.8) is 0 Å². The van der Waals surface area contributed by atoms with Gasteiger partial charge in [-0.25, -0.2) is 0 Å². The number of amides is 1. The molecule has 0 aliphatic rings. The molecule has 1 amide bonds. The molecule has 1 aromatic heterocycles. The molecule has 0 N–H and O–H groups in total. The highest BCUT2D eigenvalue weighted by atomic mass is 32.1. The molecule has 0 saturated heterocycles. The van der Waals surface area contributed by atoms with E-state index in [1.54, 1.807) is 41.0 Å². The lowest BCUT2D eigenvalue weighted by molar-refractivity contribution is -0.141. The van der Waals surface area contributed by atoms with Crippen LogP contribution in [-0.2, 0) is 16.1 Å². The van der Waals surface area contributed by atoms with Crippen LogP contribution in [0, 0.1) is 13.8 Å². The van der Waals surface area contributed by atoms with Gasteiger partial charge in [0.2, 0.25) is 0 Å². The van der Waals surface area contributed by atoms with Crippen molar-refractivity contribution in [2.75, 3.05) is 7.11 Å². The lowest BCUT2D eigenvalue weighted by atomic mass is 10.0. The van der Waals surface area contributed by atoms with Crippen molar-refractivity contribution in [3.8, 4) is 0 Å². The molecule has 0 unspecified atom stereocenters. The van der Waals surface area contributed by atoms with Gasteiger partial charge in [0.1, 0.15) is 6.54 Å². The van der Waals surface area contributed by atoms with E-state index in [0.29, 0.717) is 21.5 Å². The highest BCUT2D eigenvalue weighted by Crippen LogP contribution is 2.23. The summed E-state index contributed by atoms with van der Waals surface area (Å²) >= 11 is 1.35. The molecular weight excluding hydrogens is 436 g/mol. The number of benzene rings is 3. The number of fused-ring (bicyclic) bond motifs is 1. The number of hydrogen-bond donors (Lipinski definition) is 0. The summed E-state index contributed by atoms with van der Waals surface area (Å²) in [5, 5.41) is 0. The van der Waals surface area contributed by atoms with E-state index in [1.165, 1.54) is 18.4 Å². The first-order valence-electron chi connectivity index (χ1n) is 10.3. The summed E-state index contributed by atoms with van der Waals surface area (Å²) in [6.07, 6.45) is 0. The SMILES string of the molecule is COC(=O)Cn1c(=NC(=O)c2ccc(C(=O)c3ccccc3)cc2)sc2cc(C)cc(C)c21. The number of hydrogen-bond acceptors (Lipinski definition) is 5. The third-order valence-corrected chi connectivity index (χ3v) is 6.28. The largest absolute Gasteiger partial charge is 0.468 e. The van der Waals surface area contributed by atoms with Crippen molar-refractivity contribution in [2.24, 2.45) is 4.99 Å². The first-order chi connectivity index (χ1) is 15.9. The van der Waals surface area contributed by atoms with Crippen LogP contribution in [0.25, 0.3) is 10.2 Å². The minimum absolute atomic E-state index is 0.0446. The first-order valence-corrected chi connectivity index (χ1v) is 11.2. The van der Waals surface area contributed by atoms with E-state index in [-0.39, 0.29) is 12.3 Å². The molecule has 7 heteroatoms. The van der Waals surface area contributed by atoms with E-state index in [9.17, 15) is 14.4 Å². The molecule has 0 aliphatic carbocycles. The fraction of sp³-hybridized carbons (Fsp3) is 0.154. The smallest absolute Gasteiger partial charge is 0.325 e. The fourth-order valence-corrected chi connectivity index (χ4v) is 4.89. The zero-order valence-corrected chi connectivity index (χ0v) is 19.3. The van der Waals surface area contributed by atoms with Crippen molar-refractivity contribution >= 4 is 39.2 Å². The van der Waals surface area contributed by atoms with Crippen LogP contribution in [0.4, 0.5) is 0 Å². The summed E-state index contributed by atoms with van der Waals surface area (Å²) in [4.78, 5) is 42.3. The maximum absolute atomic E-state index is 12.9. The number of rotatable bonds is 5. The molecule has 1 heterocycles. The summed E-state index contributed by atoms with van der Waals surface area (Å²) < 4.78 is 7.49. The molecule has 0 aliphatic heterocycles. The summed E-state index contributed by atoms with van der Waals surface area (Å²) in [7, 11) is 1.33. The maximum atomic E-state index is 12.9. The predicted octanol–water partition coefficient (Wildman–Crippen LogP) is 4.46. The van der Waals surface area contributed by atoms with E-state index in [0.717, 1.165) is 21.3 Å². The van der Waals surface area contributed by atoms with Gasteiger partial charge >= 0.3 is 5.97 Å². The quantitative estimate of drug-likeness (QED) is 0.327. The Hall–Kier alpha value is -3.84. The van der Waals surface area contributed by atoms with Gasteiger partial charge in [-0.1, -0.05) is 59.9 Å². The molecule has 3 aromatic carbocycles. The summed E-state index contributed by atoms with van der Waals surface area (Å²) in [6.45, 7) is 3.91. The van der Waals surface area contributed by atoms with Crippen LogP contribution in [0.1, 0.15) is 37.4 Å². The third kappa shape index (κ3) is 4.68. The summed E-state index contributed by atoms with van der Waals surface area (Å²) in [5.41, 5.74) is 4.36. The Kier molecular flexibility index (Phi) is 6.33. The summed E-state index contributed by atoms with van der Waals surface area (Å²) in [5.74, 6) is -0.988. The molecule has 33 heavy (non-hydrogen) atoms. The zero-order valence-electron chi connectivity index (χ0n) is 18.5. The number of aryl methyl sites for hydroxylation is 2. The number of ketones is 1. The van der Waals surface area contributed by atoms with Crippen LogP contribution in [0.15, 0.2) is 71.7 Å². The average Bonchev–Trinajstić information content (AvgIpc) is 3.15. The number of nitrogens with zero attached hydrogens (tertiary/aromatic N) is 2. The molecule has 0 radical (unpaired) electrons. The van der Waals surface area contributed by atoms with Crippen LogP contribution in [0.3, 0.4) is 0 Å². The van der Waals surface area contributed by atoms with Crippen LogP contribution in [0.2, 0.25) is 0 Å². The average molecular weight is 459 g/mol. The molecule has 0 spiro atoms. The summed E-state index contributed by atoms with van der Waals surface area (Å²) in [6, 6.07) is 19.4. The Morgan fingerprint density at radius 2 is 1.55 bits per heavy atom. The number of esters is 1. The van der Waals surface area contributed by atoms with Crippen LogP contribution in [0.5, 0.6) is 0 Å². The topological polar surface area (TPSA) is 77.7 Å². The molecule has 4 rings (SSSR count). The Morgan fingerprint density at radius 3 is 2.21 bits per heavy atom. The number of thiazole rings is 1. The molecule has 0 atom stereocenters. The maximum Gasteiger partial charge on any atom is 0.325 e. The Labute approximate surface area is 194 Å². The molecule has 166 valence electrons. The van der Waals surface area contributed by atoms with Gasteiger partial charge in [-0.15, -0.1) is 0 Å². The lowest BCUT2D eigenvalue weighted by Gasteiger charge is -2.06. The molecule has 0 fully saturated rings. The number of aromatic nitrogens is 1. The highest BCUT2D eigenvalue weighted by molar-refractivity contribution is 7.16. The van der Waals surface area contributed by atoms with Crippen LogP contribution in [-0.4, -0.2) is 29.3 Å².